The first-order chi connectivity index (χ1) is 9.16. The zero-order chi connectivity index (χ0) is 13.4. The normalized spacial score (nSPS) is 12.8. The minimum absolute atomic E-state index is 0.264. The number of rotatable bonds is 2. The lowest BCUT2D eigenvalue weighted by atomic mass is 10.00. The lowest BCUT2D eigenvalue weighted by molar-refractivity contribution is 0.879. The average molecular weight is 273 g/mol. The highest BCUT2D eigenvalue weighted by Gasteiger charge is 2.15. The SMILES string of the molecule is Cc1ccc(C(N)c2cnn3ccncc23)cc1Cl. The molecule has 0 saturated heterocycles. The largest absolute Gasteiger partial charge is 0.320 e. The number of nitrogens with two attached hydrogens (primary N) is 1. The van der Waals surface area contributed by atoms with Crippen LogP contribution in [0.1, 0.15) is 22.7 Å². The zero-order valence-electron chi connectivity index (χ0n) is 10.4. The van der Waals surface area contributed by atoms with Gasteiger partial charge in [0, 0.05) is 23.0 Å². The first kappa shape index (κ1) is 12.1. The third-order valence-corrected chi connectivity index (χ3v) is 3.65. The monoisotopic (exact) mass is 272 g/mol. The number of nitrogens with zero attached hydrogens (tertiary/aromatic N) is 3. The Morgan fingerprint density at radius 2 is 2.16 bits per heavy atom. The molecule has 2 heterocycles. The van der Waals surface area contributed by atoms with Gasteiger partial charge in [-0.05, 0) is 24.1 Å². The first-order valence-corrected chi connectivity index (χ1v) is 6.33. The van der Waals surface area contributed by atoms with E-state index in [0.29, 0.717) is 0 Å². The van der Waals surface area contributed by atoms with Crippen molar-refractivity contribution < 1.29 is 0 Å². The van der Waals surface area contributed by atoms with Gasteiger partial charge in [0.25, 0.3) is 0 Å². The standard InChI is InChI=1S/C14H13ClN4/c1-9-2-3-10(6-12(9)15)14(16)11-7-18-19-5-4-17-8-13(11)19/h2-8,14H,16H2,1H3. The second-order valence-corrected chi connectivity index (χ2v) is 4.90. The third-order valence-electron chi connectivity index (χ3n) is 3.24. The molecule has 0 fully saturated rings. The summed E-state index contributed by atoms with van der Waals surface area (Å²) in [5, 5.41) is 4.99. The summed E-state index contributed by atoms with van der Waals surface area (Å²) in [6.45, 7) is 1.97. The lowest BCUT2D eigenvalue weighted by Gasteiger charge is -2.12. The Balaban J connectivity index is 2.08. The van der Waals surface area contributed by atoms with Crippen molar-refractivity contribution in [1.29, 1.82) is 0 Å². The first-order valence-electron chi connectivity index (χ1n) is 5.95. The van der Waals surface area contributed by atoms with E-state index in [0.717, 1.165) is 27.2 Å². The molecule has 0 bridgehead atoms. The molecule has 0 spiro atoms. The highest BCUT2D eigenvalue weighted by atomic mass is 35.5. The summed E-state index contributed by atoms with van der Waals surface area (Å²) in [6.07, 6.45) is 7.03. The van der Waals surface area contributed by atoms with E-state index in [1.165, 1.54) is 0 Å². The van der Waals surface area contributed by atoms with Gasteiger partial charge in [-0.2, -0.15) is 5.10 Å². The number of hydrogen-bond donors (Lipinski definition) is 1. The Labute approximate surface area is 115 Å². The predicted octanol–water partition coefficient (Wildman–Crippen LogP) is 2.74. The van der Waals surface area contributed by atoms with Gasteiger partial charge in [0.1, 0.15) is 0 Å². The summed E-state index contributed by atoms with van der Waals surface area (Å²) >= 11 is 6.15. The molecule has 0 aliphatic carbocycles. The summed E-state index contributed by atoms with van der Waals surface area (Å²) in [5.41, 5.74) is 10.2. The maximum atomic E-state index is 6.31. The van der Waals surface area contributed by atoms with Crippen molar-refractivity contribution in [2.24, 2.45) is 5.73 Å². The molecule has 0 saturated carbocycles. The molecule has 2 aromatic heterocycles. The van der Waals surface area contributed by atoms with Crippen molar-refractivity contribution >= 4 is 17.1 Å². The van der Waals surface area contributed by atoms with Crippen molar-refractivity contribution in [3.05, 3.63) is 64.7 Å². The van der Waals surface area contributed by atoms with Gasteiger partial charge in [-0.15, -0.1) is 0 Å². The van der Waals surface area contributed by atoms with Gasteiger partial charge in [0.05, 0.1) is 24.0 Å². The maximum absolute atomic E-state index is 6.31. The molecular formula is C14H13ClN4. The van der Waals surface area contributed by atoms with Crippen molar-refractivity contribution in [2.45, 2.75) is 13.0 Å². The fourth-order valence-electron chi connectivity index (χ4n) is 2.07. The Hall–Kier alpha value is -1.91. The van der Waals surface area contributed by atoms with Crippen molar-refractivity contribution in [3.63, 3.8) is 0 Å². The van der Waals surface area contributed by atoms with Gasteiger partial charge in [-0.3, -0.25) is 4.98 Å². The summed E-state index contributed by atoms with van der Waals surface area (Å²) < 4.78 is 1.76. The fourth-order valence-corrected chi connectivity index (χ4v) is 2.26. The summed E-state index contributed by atoms with van der Waals surface area (Å²) in [7, 11) is 0. The molecule has 0 aliphatic heterocycles. The minimum Gasteiger partial charge on any atom is -0.320 e. The molecule has 0 amide bonds. The molecule has 4 nitrogen and oxygen atoms in total. The molecule has 3 rings (SSSR count). The second-order valence-electron chi connectivity index (χ2n) is 4.49. The maximum Gasteiger partial charge on any atom is 0.0896 e. The van der Waals surface area contributed by atoms with Crippen molar-refractivity contribution in [2.75, 3.05) is 0 Å². The summed E-state index contributed by atoms with van der Waals surface area (Å²) in [5.74, 6) is 0. The molecule has 2 N–H and O–H groups in total. The van der Waals surface area contributed by atoms with Gasteiger partial charge in [-0.1, -0.05) is 23.7 Å². The van der Waals surface area contributed by atoms with Crippen LogP contribution in [-0.2, 0) is 0 Å². The van der Waals surface area contributed by atoms with E-state index in [4.69, 9.17) is 17.3 Å². The van der Waals surface area contributed by atoms with E-state index in [9.17, 15) is 0 Å². The van der Waals surface area contributed by atoms with Crippen molar-refractivity contribution in [3.8, 4) is 0 Å². The predicted molar refractivity (Wildman–Crippen MR) is 75.2 cm³/mol. The quantitative estimate of drug-likeness (QED) is 0.780. The highest BCUT2D eigenvalue weighted by Crippen LogP contribution is 2.26. The van der Waals surface area contributed by atoms with Crippen LogP contribution in [0, 0.1) is 6.92 Å². The van der Waals surface area contributed by atoms with E-state index in [1.54, 1.807) is 29.3 Å². The number of hydrogen-bond acceptors (Lipinski definition) is 3. The van der Waals surface area contributed by atoms with Crippen LogP contribution in [0.15, 0.2) is 43.0 Å². The number of halogens is 1. The number of fused-ring (bicyclic) bond motifs is 1. The van der Waals surface area contributed by atoms with Crippen LogP contribution in [-0.4, -0.2) is 14.6 Å². The fraction of sp³-hybridized carbons (Fsp3) is 0.143. The highest BCUT2D eigenvalue weighted by molar-refractivity contribution is 6.31. The zero-order valence-corrected chi connectivity index (χ0v) is 11.2. The molecule has 1 unspecified atom stereocenters. The van der Waals surface area contributed by atoms with Crippen LogP contribution in [0.3, 0.4) is 0 Å². The number of aryl methyl sites for hydroxylation is 1. The van der Waals surface area contributed by atoms with Crippen LogP contribution in [0.4, 0.5) is 0 Å². The van der Waals surface area contributed by atoms with Gasteiger partial charge in [0.2, 0.25) is 0 Å². The molecule has 96 valence electrons. The van der Waals surface area contributed by atoms with Crippen LogP contribution < -0.4 is 5.73 Å². The molecule has 3 aromatic rings. The molecule has 1 aromatic carbocycles. The van der Waals surface area contributed by atoms with Gasteiger partial charge in [-0.25, -0.2) is 4.52 Å². The Bertz CT molecular complexity index is 735. The Kier molecular flexibility index (Phi) is 2.97. The van der Waals surface area contributed by atoms with Gasteiger partial charge >= 0.3 is 0 Å². The number of aromatic nitrogens is 3. The van der Waals surface area contributed by atoms with Crippen LogP contribution in [0.2, 0.25) is 5.02 Å². The minimum atomic E-state index is -0.264. The van der Waals surface area contributed by atoms with E-state index >= 15 is 0 Å². The molecule has 0 aliphatic rings. The molecule has 5 heteroatoms. The average Bonchev–Trinajstić information content (AvgIpc) is 2.85. The second kappa shape index (κ2) is 4.64. The van der Waals surface area contributed by atoms with E-state index < -0.39 is 0 Å². The summed E-state index contributed by atoms with van der Waals surface area (Å²) in [6, 6.07) is 5.61. The summed E-state index contributed by atoms with van der Waals surface area (Å²) in [4.78, 5) is 4.11. The molecule has 0 radical (unpaired) electrons. The lowest BCUT2D eigenvalue weighted by Crippen LogP contribution is -2.11. The van der Waals surface area contributed by atoms with E-state index in [2.05, 4.69) is 10.1 Å². The number of benzene rings is 1. The molecule has 1 atom stereocenters. The van der Waals surface area contributed by atoms with Crippen LogP contribution in [0.25, 0.3) is 5.52 Å². The van der Waals surface area contributed by atoms with Crippen LogP contribution in [0.5, 0.6) is 0 Å². The molecular weight excluding hydrogens is 260 g/mol. The third kappa shape index (κ3) is 2.09. The van der Waals surface area contributed by atoms with E-state index in [-0.39, 0.29) is 6.04 Å². The van der Waals surface area contributed by atoms with Crippen LogP contribution >= 0.6 is 11.6 Å². The smallest absolute Gasteiger partial charge is 0.0896 e. The molecule has 19 heavy (non-hydrogen) atoms. The Morgan fingerprint density at radius 1 is 1.32 bits per heavy atom. The Morgan fingerprint density at radius 3 is 2.95 bits per heavy atom. The van der Waals surface area contributed by atoms with Gasteiger partial charge in [0.15, 0.2) is 0 Å². The van der Waals surface area contributed by atoms with Crippen molar-refractivity contribution in [1.82, 2.24) is 14.6 Å². The van der Waals surface area contributed by atoms with Gasteiger partial charge < -0.3 is 5.73 Å². The van der Waals surface area contributed by atoms with E-state index in [1.807, 2.05) is 25.1 Å². The topological polar surface area (TPSA) is 56.2 Å².